The van der Waals surface area contributed by atoms with Gasteiger partial charge in [0, 0.05) is 31.8 Å². The third kappa shape index (κ3) is 4.60. The van der Waals surface area contributed by atoms with Gasteiger partial charge in [0.1, 0.15) is 0 Å². The molecule has 104 valence electrons. The molecule has 5 nitrogen and oxygen atoms in total. The van der Waals surface area contributed by atoms with Crippen LogP contribution < -0.4 is 5.73 Å². The highest BCUT2D eigenvalue weighted by molar-refractivity contribution is 7.90. The Kier molecular flexibility index (Phi) is 5.02. The molecule has 1 rings (SSSR count). The van der Waals surface area contributed by atoms with Crippen LogP contribution in [0, 0.1) is 0 Å². The van der Waals surface area contributed by atoms with E-state index in [1.165, 1.54) is 17.0 Å². The van der Waals surface area contributed by atoms with E-state index in [9.17, 15) is 13.2 Å². The highest BCUT2D eigenvalue weighted by Gasteiger charge is 2.14. The first kappa shape index (κ1) is 15.6. The van der Waals surface area contributed by atoms with E-state index in [-0.39, 0.29) is 10.8 Å². The number of hydrogen-bond acceptors (Lipinski definition) is 4. The van der Waals surface area contributed by atoms with Crippen LogP contribution in [-0.4, -0.2) is 44.1 Å². The monoisotopic (exact) mass is 300 g/mol. The van der Waals surface area contributed by atoms with E-state index in [2.05, 4.69) is 0 Å². The largest absolute Gasteiger partial charge is 0.393 e. The molecule has 0 saturated heterocycles. The van der Waals surface area contributed by atoms with E-state index in [1.807, 2.05) is 0 Å². The number of amides is 1. The Labute approximate surface area is 118 Å². The molecular formula is C12H16N2O3S2. The predicted molar refractivity (Wildman–Crippen MR) is 77.9 cm³/mol. The molecule has 0 bridgehead atoms. The minimum Gasteiger partial charge on any atom is -0.393 e. The van der Waals surface area contributed by atoms with Gasteiger partial charge in [0.2, 0.25) is 0 Å². The topological polar surface area (TPSA) is 80.5 Å². The van der Waals surface area contributed by atoms with Crippen molar-refractivity contribution in [3.8, 4) is 0 Å². The summed E-state index contributed by atoms with van der Waals surface area (Å²) in [7, 11) is -1.70. The van der Waals surface area contributed by atoms with Crippen molar-refractivity contribution in [3.63, 3.8) is 0 Å². The average Bonchev–Trinajstić information content (AvgIpc) is 2.34. The Balaban J connectivity index is 2.91. The molecule has 0 fully saturated rings. The van der Waals surface area contributed by atoms with Gasteiger partial charge in [-0.05, 0) is 18.2 Å². The molecule has 0 aliphatic heterocycles. The van der Waals surface area contributed by atoms with E-state index in [1.54, 1.807) is 19.2 Å². The van der Waals surface area contributed by atoms with Crippen molar-refractivity contribution in [2.45, 2.75) is 11.3 Å². The molecule has 2 N–H and O–H groups in total. The number of rotatable bonds is 5. The van der Waals surface area contributed by atoms with Gasteiger partial charge in [-0.1, -0.05) is 18.3 Å². The number of benzene rings is 1. The maximum atomic E-state index is 12.1. The van der Waals surface area contributed by atoms with E-state index >= 15 is 0 Å². The molecule has 0 aliphatic rings. The average molecular weight is 300 g/mol. The number of sulfone groups is 1. The van der Waals surface area contributed by atoms with Crippen LogP contribution in [0.3, 0.4) is 0 Å². The number of nitrogens with zero attached hydrogens (tertiary/aromatic N) is 1. The Hall–Kier alpha value is -1.47. The highest BCUT2D eigenvalue weighted by atomic mass is 32.2. The van der Waals surface area contributed by atoms with Crippen LogP contribution in [-0.2, 0) is 9.84 Å². The summed E-state index contributed by atoms with van der Waals surface area (Å²) in [4.78, 5) is 14.0. The molecule has 1 amide bonds. The lowest BCUT2D eigenvalue weighted by atomic mass is 10.2. The van der Waals surface area contributed by atoms with Crippen LogP contribution in [0.4, 0.5) is 0 Å². The molecule has 7 heteroatoms. The Morgan fingerprint density at radius 3 is 2.58 bits per heavy atom. The molecule has 0 aromatic heterocycles. The van der Waals surface area contributed by atoms with Crippen molar-refractivity contribution in [2.24, 2.45) is 5.73 Å². The van der Waals surface area contributed by atoms with Crippen LogP contribution in [0.1, 0.15) is 16.8 Å². The van der Waals surface area contributed by atoms with Gasteiger partial charge in [-0.25, -0.2) is 8.42 Å². The van der Waals surface area contributed by atoms with E-state index < -0.39 is 9.84 Å². The predicted octanol–water partition coefficient (Wildman–Crippen LogP) is 0.838. The zero-order valence-electron chi connectivity index (χ0n) is 10.8. The fourth-order valence-electron chi connectivity index (χ4n) is 1.46. The normalized spacial score (nSPS) is 11.1. The first-order valence-corrected chi connectivity index (χ1v) is 7.85. The molecule has 1 aromatic carbocycles. The minimum absolute atomic E-state index is 0.126. The molecule has 1 aromatic rings. The van der Waals surface area contributed by atoms with Crippen molar-refractivity contribution in [3.05, 3.63) is 29.8 Å². The smallest absolute Gasteiger partial charge is 0.253 e. The van der Waals surface area contributed by atoms with Crippen LogP contribution >= 0.6 is 12.2 Å². The molecule has 0 atom stereocenters. The lowest BCUT2D eigenvalue weighted by molar-refractivity contribution is 0.0798. The van der Waals surface area contributed by atoms with E-state index in [4.69, 9.17) is 18.0 Å². The lowest BCUT2D eigenvalue weighted by Crippen LogP contribution is -2.30. The molecule has 0 saturated carbocycles. The minimum atomic E-state index is -3.32. The van der Waals surface area contributed by atoms with Crippen molar-refractivity contribution in [1.82, 2.24) is 4.90 Å². The maximum absolute atomic E-state index is 12.1. The molecule has 0 unspecified atom stereocenters. The van der Waals surface area contributed by atoms with E-state index in [0.717, 1.165) is 6.26 Å². The second kappa shape index (κ2) is 6.12. The fraction of sp³-hybridized carbons (Fsp3) is 0.333. The lowest BCUT2D eigenvalue weighted by Gasteiger charge is -2.17. The zero-order chi connectivity index (χ0) is 14.6. The first-order chi connectivity index (χ1) is 8.71. The number of carbonyl (C=O) groups is 1. The summed E-state index contributed by atoms with van der Waals surface area (Å²) in [6, 6.07) is 5.95. The third-order valence-corrected chi connectivity index (χ3v) is 3.86. The van der Waals surface area contributed by atoms with Crippen molar-refractivity contribution < 1.29 is 13.2 Å². The van der Waals surface area contributed by atoms with Gasteiger partial charge in [0.15, 0.2) is 9.84 Å². The molecule has 0 spiro atoms. The maximum Gasteiger partial charge on any atom is 0.253 e. The standard InChI is InChI=1S/C12H16N2O3S2/c1-14(7-6-11(13)18)12(15)9-4-3-5-10(8-9)19(2,16)17/h3-5,8H,6-7H2,1-2H3,(H2,13,18). The first-order valence-electron chi connectivity index (χ1n) is 5.55. The van der Waals surface area contributed by atoms with E-state index in [0.29, 0.717) is 23.5 Å². The van der Waals surface area contributed by atoms with Gasteiger partial charge >= 0.3 is 0 Å². The van der Waals surface area contributed by atoms with Gasteiger partial charge in [-0.3, -0.25) is 4.79 Å². The second-order valence-electron chi connectivity index (χ2n) is 4.24. The molecule has 0 radical (unpaired) electrons. The Bertz CT molecular complexity index is 597. The molecular weight excluding hydrogens is 284 g/mol. The van der Waals surface area contributed by atoms with Crippen LogP contribution in [0.25, 0.3) is 0 Å². The quantitative estimate of drug-likeness (QED) is 0.815. The van der Waals surface area contributed by atoms with Gasteiger partial charge in [0.25, 0.3) is 5.91 Å². The van der Waals surface area contributed by atoms with Crippen LogP contribution in [0.5, 0.6) is 0 Å². The molecule has 0 aliphatic carbocycles. The summed E-state index contributed by atoms with van der Waals surface area (Å²) >= 11 is 4.75. The summed E-state index contributed by atoms with van der Waals surface area (Å²) in [6.45, 7) is 0.400. The SMILES string of the molecule is CN(CCC(N)=S)C(=O)c1cccc(S(C)(=O)=O)c1. The molecule has 19 heavy (non-hydrogen) atoms. The summed E-state index contributed by atoms with van der Waals surface area (Å²) in [5.41, 5.74) is 5.70. The Morgan fingerprint density at radius 2 is 2.05 bits per heavy atom. The van der Waals surface area contributed by atoms with Gasteiger partial charge < -0.3 is 10.6 Å². The summed E-state index contributed by atoms with van der Waals surface area (Å²) < 4.78 is 22.9. The summed E-state index contributed by atoms with van der Waals surface area (Å²) in [5.74, 6) is -0.262. The van der Waals surface area contributed by atoms with Crippen molar-refractivity contribution in [2.75, 3.05) is 19.8 Å². The van der Waals surface area contributed by atoms with Crippen molar-refractivity contribution in [1.29, 1.82) is 0 Å². The zero-order valence-corrected chi connectivity index (χ0v) is 12.4. The van der Waals surface area contributed by atoms with Gasteiger partial charge in [-0.15, -0.1) is 0 Å². The van der Waals surface area contributed by atoms with Gasteiger partial charge in [0.05, 0.1) is 9.88 Å². The second-order valence-corrected chi connectivity index (χ2v) is 6.78. The molecule has 0 heterocycles. The number of thiocarbonyl (C=S) groups is 1. The number of nitrogens with two attached hydrogens (primary N) is 1. The summed E-state index contributed by atoms with van der Waals surface area (Å²) in [5, 5.41) is 0. The number of hydrogen-bond donors (Lipinski definition) is 1. The van der Waals surface area contributed by atoms with Crippen molar-refractivity contribution >= 4 is 33.0 Å². The van der Waals surface area contributed by atoms with Gasteiger partial charge in [-0.2, -0.15) is 0 Å². The van der Waals surface area contributed by atoms with Crippen LogP contribution in [0.15, 0.2) is 29.2 Å². The summed E-state index contributed by atoms with van der Waals surface area (Å²) in [6.07, 6.45) is 1.54. The van der Waals surface area contributed by atoms with Crippen LogP contribution in [0.2, 0.25) is 0 Å². The highest BCUT2D eigenvalue weighted by Crippen LogP contribution is 2.13. The fourth-order valence-corrected chi connectivity index (χ4v) is 2.22. The Morgan fingerprint density at radius 1 is 1.42 bits per heavy atom. The number of carbonyl (C=O) groups excluding carboxylic acids is 1. The third-order valence-electron chi connectivity index (χ3n) is 2.55.